The van der Waals surface area contributed by atoms with Crippen LogP contribution in [0, 0.1) is 11.3 Å². The number of H-pyrrole nitrogens is 1. The lowest BCUT2D eigenvalue weighted by atomic mass is 10.1. The average Bonchev–Trinajstić information content (AvgIpc) is 3.10. The molecule has 1 aliphatic rings. The number of nitriles is 1. The van der Waals surface area contributed by atoms with E-state index >= 15 is 0 Å². The van der Waals surface area contributed by atoms with Crippen molar-refractivity contribution in [2.45, 2.75) is 4.90 Å². The quantitative estimate of drug-likeness (QED) is 0.630. The molecule has 1 fully saturated rings. The van der Waals surface area contributed by atoms with Crippen molar-refractivity contribution in [3.05, 3.63) is 54.4 Å². The van der Waals surface area contributed by atoms with Gasteiger partial charge in [-0.05, 0) is 37.5 Å². The highest BCUT2D eigenvalue weighted by atomic mass is 32.2. The number of sulfone groups is 1. The zero-order valence-corrected chi connectivity index (χ0v) is 17.9. The first-order chi connectivity index (χ1) is 14.9. The van der Waals surface area contributed by atoms with Gasteiger partial charge in [0.05, 0.1) is 39.1 Å². The molecule has 0 spiro atoms. The first-order valence-electron chi connectivity index (χ1n) is 9.90. The summed E-state index contributed by atoms with van der Waals surface area (Å²) < 4.78 is 25.3. The highest BCUT2D eigenvalue weighted by Gasteiger charge is 2.18. The summed E-state index contributed by atoms with van der Waals surface area (Å²) in [5.41, 5.74) is 2.00. The van der Waals surface area contributed by atoms with Crippen molar-refractivity contribution in [1.29, 1.82) is 5.26 Å². The standard InChI is InChI=1S/C22H23N5O3S/c1-26-8-10-27(11-9-26)7-2-12-31(29,30)17-4-6-19(24-15-17)21-18-5-3-16(14-23)13-20(18)25-22(21)28/h2-7,13,15,25,28H,8-12H2,1H3. The molecule has 9 heteroatoms. The summed E-state index contributed by atoms with van der Waals surface area (Å²) in [6.45, 7) is 3.68. The molecular formula is C22H23N5O3S. The lowest BCUT2D eigenvalue weighted by molar-refractivity contribution is 0.198. The van der Waals surface area contributed by atoms with Crippen molar-refractivity contribution < 1.29 is 13.5 Å². The van der Waals surface area contributed by atoms with Gasteiger partial charge in [-0.1, -0.05) is 12.1 Å². The topological polar surface area (TPSA) is 113 Å². The van der Waals surface area contributed by atoms with Crippen molar-refractivity contribution in [2.75, 3.05) is 39.0 Å². The first-order valence-corrected chi connectivity index (χ1v) is 11.6. The molecule has 4 rings (SSSR count). The molecular weight excluding hydrogens is 414 g/mol. The summed E-state index contributed by atoms with van der Waals surface area (Å²) in [4.78, 5) is 11.6. The van der Waals surface area contributed by atoms with E-state index in [9.17, 15) is 13.5 Å². The van der Waals surface area contributed by atoms with Gasteiger partial charge in [-0.3, -0.25) is 4.98 Å². The smallest absolute Gasteiger partial charge is 0.199 e. The molecule has 31 heavy (non-hydrogen) atoms. The second-order valence-electron chi connectivity index (χ2n) is 7.61. The highest BCUT2D eigenvalue weighted by molar-refractivity contribution is 7.91. The highest BCUT2D eigenvalue weighted by Crippen LogP contribution is 2.36. The monoisotopic (exact) mass is 437 g/mol. The molecule has 0 amide bonds. The van der Waals surface area contributed by atoms with Crippen LogP contribution in [0.2, 0.25) is 0 Å². The Bertz CT molecular complexity index is 1260. The van der Waals surface area contributed by atoms with Gasteiger partial charge >= 0.3 is 0 Å². The number of aromatic nitrogens is 2. The average molecular weight is 438 g/mol. The van der Waals surface area contributed by atoms with Gasteiger partial charge in [0, 0.05) is 37.8 Å². The van der Waals surface area contributed by atoms with Crippen molar-refractivity contribution in [2.24, 2.45) is 0 Å². The summed E-state index contributed by atoms with van der Waals surface area (Å²) in [5.74, 6) is -0.182. The number of likely N-dealkylation sites (N-methyl/N-ethyl adjacent to an activating group) is 1. The largest absolute Gasteiger partial charge is 0.494 e. The molecule has 1 aliphatic heterocycles. The number of hydrogen-bond acceptors (Lipinski definition) is 7. The Hall–Kier alpha value is -3.35. The number of piperazine rings is 1. The number of fused-ring (bicyclic) bond motifs is 1. The molecule has 0 saturated carbocycles. The van der Waals surface area contributed by atoms with Crippen LogP contribution in [0.25, 0.3) is 22.2 Å². The number of nitrogens with zero attached hydrogens (tertiary/aromatic N) is 4. The maximum absolute atomic E-state index is 12.7. The maximum atomic E-state index is 12.7. The van der Waals surface area contributed by atoms with Gasteiger partial charge in [-0.2, -0.15) is 5.26 Å². The van der Waals surface area contributed by atoms with Crippen molar-refractivity contribution in [3.8, 4) is 23.2 Å². The summed E-state index contributed by atoms with van der Waals surface area (Å²) >= 11 is 0. The molecule has 3 heterocycles. The molecule has 0 unspecified atom stereocenters. The molecule has 8 nitrogen and oxygen atoms in total. The Labute approximate surface area is 181 Å². The normalized spacial score (nSPS) is 15.5. The fourth-order valence-electron chi connectivity index (χ4n) is 3.61. The van der Waals surface area contributed by atoms with Crippen molar-refractivity contribution in [1.82, 2.24) is 19.8 Å². The van der Waals surface area contributed by atoms with Crippen molar-refractivity contribution >= 4 is 20.7 Å². The number of rotatable bonds is 5. The van der Waals surface area contributed by atoms with Crippen LogP contribution >= 0.6 is 0 Å². The number of nitrogens with one attached hydrogen (secondary N) is 1. The van der Waals surface area contributed by atoms with Crippen LogP contribution in [0.1, 0.15) is 5.56 Å². The van der Waals surface area contributed by atoms with E-state index in [4.69, 9.17) is 5.26 Å². The molecule has 0 aliphatic carbocycles. The van der Waals surface area contributed by atoms with E-state index in [2.05, 4.69) is 32.9 Å². The SMILES string of the molecule is CN1CCN(C=CCS(=O)(=O)c2ccc(-c3c(O)[nH]c4cc(C#N)ccc34)nc2)CC1. The predicted molar refractivity (Wildman–Crippen MR) is 118 cm³/mol. The van der Waals surface area contributed by atoms with Crippen LogP contribution in [-0.2, 0) is 9.84 Å². The number of hydrogen-bond donors (Lipinski definition) is 2. The molecule has 1 aromatic carbocycles. The minimum atomic E-state index is -3.51. The third-order valence-electron chi connectivity index (χ3n) is 5.43. The van der Waals surface area contributed by atoms with Gasteiger partial charge in [-0.15, -0.1) is 0 Å². The van der Waals surface area contributed by atoms with Gasteiger partial charge in [-0.25, -0.2) is 8.42 Å². The lowest BCUT2D eigenvalue weighted by Crippen LogP contribution is -2.41. The van der Waals surface area contributed by atoms with Gasteiger partial charge < -0.3 is 19.9 Å². The Morgan fingerprint density at radius 2 is 2.00 bits per heavy atom. The van der Waals surface area contributed by atoms with Crippen LogP contribution in [0.15, 0.2) is 53.7 Å². The Morgan fingerprint density at radius 1 is 1.23 bits per heavy atom. The van der Waals surface area contributed by atoms with E-state index in [1.807, 2.05) is 6.20 Å². The van der Waals surface area contributed by atoms with E-state index in [1.165, 1.54) is 12.3 Å². The fourth-order valence-corrected chi connectivity index (χ4v) is 4.63. The van der Waals surface area contributed by atoms with Crippen LogP contribution in [0.3, 0.4) is 0 Å². The molecule has 160 valence electrons. The van der Waals surface area contributed by atoms with Crippen LogP contribution in [-0.4, -0.2) is 72.3 Å². The summed E-state index contributed by atoms with van der Waals surface area (Å²) in [7, 11) is -1.44. The van der Waals surface area contributed by atoms with Gasteiger partial charge in [0.1, 0.15) is 0 Å². The van der Waals surface area contributed by atoms with E-state index in [-0.39, 0.29) is 16.5 Å². The van der Waals surface area contributed by atoms with E-state index in [0.717, 1.165) is 26.2 Å². The maximum Gasteiger partial charge on any atom is 0.199 e. The summed E-state index contributed by atoms with van der Waals surface area (Å²) in [6, 6.07) is 10.2. The number of aromatic amines is 1. The molecule has 1 saturated heterocycles. The summed E-state index contributed by atoms with van der Waals surface area (Å²) in [5, 5.41) is 20.1. The number of aromatic hydroxyl groups is 1. The van der Waals surface area contributed by atoms with Crippen LogP contribution in [0.5, 0.6) is 5.88 Å². The van der Waals surface area contributed by atoms with Crippen LogP contribution in [0.4, 0.5) is 0 Å². The van der Waals surface area contributed by atoms with Gasteiger partial charge in [0.15, 0.2) is 15.7 Å². The molecule has 3 aromatic rings. The second-order valence-corrected chi connectivity index (χ2v) is 9.64. The molecule has 0 radical (unpaired) electrons. The van der Waals surface area contributed by atoms with E-state index in [0.29, 0.717) is 27.7 Å². The number of benzene rings is 1. The van der Waals surface area contributed by atoms with Crippen molar-refractivity contribution in [3.63, 3.8) is 0 Å². The molecule has 2 aromatic heterocycles. The second kappa shape index (κ2) is 8.41. The number of pyridine rings is 1. The minimum Gasteiger partial charge on any atom is -0.494 e. The third-order valence-corrected chi connectivity index (χ3v) is 7.02. The zero-order valence-electron chi connectivity index (χ0n) is 17.1. The zero-order chi connectivity index (χ0) is 22.0. The lowest BCUT2D eigenvalue weighted by Gasteiger charge is -2.31. The van der Waals surface area contributed by atoms with Crippen LogP contribution < -0.4 is 0 Å². The van der Waals surface area contributed by atoms with Gasteiger partial charge in [0.2, 0.25) is 0 Å². The van der Waals surface area contributed by atoms with E-state index < -0.39 is 9.84 Å². The molecule has 2 N–H and O–H groups in total. The Balaban J connectivity index is 1.52. The Morgan fingerprint density at radius 3 is 2.68 bits per heavy atom. The Kier molecular flexibility index (Phi) is 5.67. The first kappa shape index (κ1) is 20.9. The fraction of sp³-hybridized carbons (Fsp3) is 0.273. The van der Waals surface area contributed by atoms with Gasteiger partial charge in [0.25, 0.3) is 0 Å². The summed E-state index contributed by atoms with van der Waals surface area (Å²) in [6.07, 6.45) is 4.84. The third kappa shape index (κ3) is 4.40. The predicted octanol–water partition coefficient (Wildman–Crippen LogP) is 2.34. The minimum absolute atomic E-state index is 0.0803. The molecule has 0 bridgehead atoms. The molecule has 0 atom stereocenters. The van der Waals surface area contributed by atoms with E-state index in [1.54, 1.807) is 30.3 Å².